The fourth-order valence-corrected chi connectivity index (χ4v) is 3.31. The lowest BCUT2D eigenvalue weighted by Crippen LogP contribution is -2.44. The van der Waals surface area contributed by atoms with Gasteiger partial charge in [0.15, 0.2) is 5.96 Å². The molecule has 1 heterocycles. The van der Waals surface area contributed by atoms with Gasteiger partial charge in [-0.05, 0) is 42.3 Å². The van der Waals surface area contributed by atoms with Crippen molar-refractivity contribution in [2.24, 2.45) is 10.7 Å². The number of carbonyl (C=O) groups is 3. The minimum atomic E-state index is -1.31. The Morgan fingerprint density at radius 2 is 1.90 bits per heavy atom. The highest BCUT2D eigenvalue weighted by molar-refractivity contribution is 6.08. The number of amides is 2. The highest BCUT2D eigenvalue weighted by Crippen LogP contribution is 2.27. The summed E-state index contributed by atoms with van der Waals surface area (Å²) in [6.07, 6.45) is -0.163. The number of esters is 1. The second kappa shape index (κ2) is 8.86. The first kappa shape index (κ1) is 21.8. The summed E-state index contributed by atoms with van der Waals surface area (Å²) >= 11 is 0. The SMILES string of the molecule is COC(=O)c1ccc(CNC(=O)CC2(C)N=C(N)N(Cc3cccc(O)c3)C2=O)cc1. The van der Waals surface area contributed by atoms with E-state index in [-0.39, 0.29) is 43.0 Å². The molecule has 31 heavy (non-hydrogen) atoms. The van der Waals surface area contributed by atoms with Crippen LogP contribution in [0.5, 0.6) is 5.75 Å². The van der Waals surface area contributed by atoms with Gasteiger partial charge in [-0.3, -0.25) is 14.5 Å². The minimum absolute atomic E-state index is 0.0297. The molecule has 9 heteroatoms. The van der Waals surface area contributed by atoms with Gasteiger partial charge < -0.3 is 20.9 Å². The van der Waals surface area contributed by atoms with Crippen LogP contribution in [-0.4, -0.2) is 46.4 Å². The fourth-order valence-electron chi connectivity index (χ4n) is 3.31. The Balaban J connectivity index is 1.59. The van der Waals surface area contributed by atoms with Gasteiger partial charge in [0.25, 0.3) is 5.91 Å². The standard InChI is InChI=1S/C22H24N4O5/c1-22(11-18(28)24-12-14-6-8-16(9-7-14)19(29)31-2)20(30)26(21(23)25-22)13-15-4-3-5-17(27)10-15/h3-10,27H,11-13H2,1-2H3,(H2,23,25)(H,24,28). The Labute approximate surface area is 179 Å². The molecule has 9 nitrogen and oxygen atoms in total. The maximum atomic E-state index is 12.9. The summed E-state index contributed by atoms with van der Waals surface area (Å²) in [7, 11) is 1.31. The third kappa shape index (κ3) is 5.00. The lowest BCUT2D eigenvalue weighted by molar-refractivity contribution is -0.134. The van der Waals surface area contributed by atoms with Gasteiger partial charge in [0.2, 0.25) is 5.91 Å². The van der Waals surface area contributed by atoms with Crippen LogP contribution in [0.3, 0.4) is 0 Å². The van der Waals surface area contributed by atoms with Gasteiger partial charge in [-0.15, -0.1) is 0 Å². The van der Waals surface area contributed by atoms with Crippen LogP contribution in [0.1, 0.15) is 34.8 Å². The summed E-state index contributed by atoms with van der Waals surface area (Å²) in [5.74, 6) is -1.06. The molecule has 1 atom stereocenters. The molecule has 1 aliphatic rings. The van der Waals surface area contributed by atoms with Crippen molar-refractivity contribution in [3.05, 3.63) is 65.2 Å². The van der Waals surface area contributed by atoms with Crippen molar-refractivity contribution in [1.82, 2.24) is 10.2 Å². The number of carbonyl (C=O) groups excluding carboxylic acids is 3. The molecule has 0 spiro atoms. The summed E-state index contributed by atoms with van der Waals surface area (Å²) in [4.78, 5) is 42.4. The fraction of sp³-hybridized carbons (Fsp3) is 0.273. The summed E-state index contributed by atoms with van der Waals surface area (Å²) in [5.41, 5.74) is 6.53. The number of guanidine groups is 1. The molecule has 0 aliphatic carbocycles. The Kier molecular flexibility index (Phi) is 6.24. The van der Waals surface area contributed by atoms with Gasteiger partial charge in [0, 0.05) is 6.54 Å². The average molecular weight is 424 g/mol. The first-order valence-corrected chi connectivity index (χ1v) is 9.61. The Morgan fingerprint density at radius 3 is 2.55 bits per heavy atom. The predicted octanol–water partition coefficient (Wildman–Crippen LogP) is 1.30. The van der Waals surface area contributed by atoms with Crippen LogP contribution in [0.2, 0.25) is 0 Å². The van der Waals surface area contributed by atoms with Crippen molar-refractivity contribution in [3.63, 3.8) is 0 Å². The van der Waals surface area contributed by atoms with Crippen LogP contribution in [0.4, 0.5) is 0 Å². The van der Waals surface area contributed by atoms with Crippen molar-refractivity contribution >= 4 is 23.7 Å². The second-order valence-electron chi connectivity index (χ2n) is 7.45. The van der Waals surface area contributed by atoms with Gasteiger partial charge in [-0.25, -0.2) is 9.79 Å². The number of phenols is 1. The van der Waals surface area contributed by atoms with Gasteiger partial charge in [0.1, 0.15) is 11.3 Å². The molecule has 2 aromatic carbocycles. The smallest absolute Gasteiger partial charge is 0.337 e. The van der Waals surface area contributed by atoms with Gasteiger partial charge in [-0.1, -0.05) is 24.3 Å². The molecule has 162 valence electrons. The van der Waals surface area contributed by atoms with Gasteiger partial charge >= 0.3 is 5.97 Å². The van der Waals surface area contributed by atoms with Gasteiger partial charge in [-0.2, -0.15) is 0 Å². The Hall–Kier alpha value is -3.88. The number of rotatable bonds is 7. The largest absolute Gasteiger partial charge is 0.508 e. The zero-order valence-electron chi connectivity index (χ0n) is 17.3. The number of benzene rings is 2. The molecule has 0 saturated heterocycles. The van der Waals surface area contributed by atoms with E-state index >= 15 is 0 Å². The van der Waals surface area contributed by atoms with Crippen LogP contribution in [-0.2, 0) is 27.4 Å². The molecule has 0 aromatic heterocycles. The average Bonchev–Trinajstić information content (AvgIpc) is 2.95. The Bertz CT molecular complexity index is 1030. The van der Waals surface area contributed by atoms with Crippen molar-refractivity contribution in [2.75, 3.05) is 7.11 Å². The minimum Gasteiger partial charge on any atom is -0.508 e. The molecule has 1 unspecified atom stereocenters. The van der Waals surface area contributed by atoms with E-state index < -0.39 is 11.5 Å². The van der Waals surface area contributed by atoms with E-state index in [1.807, 2.05) is 0 Å². The van der Waals surface area contributed by atoms with Crippen LogP contribution >= 0.6 is 0 Å². The summed E-state index contributed by atoms with van der Waals surface area (Å²) in [6.45, 7) is 1.94. The van der Waals surface area contributed by atoms with E-state index in [2.05, 4.69) is 15.0 Å². The summed E-state index contributed by atoms with van der Waals surface area (Å²) in [5, 5.41) is 12.4. The number of phenolic OH excluding ortho intramolecular Hbond substituents is 1. The molecule has 2 aromatic rings. The van der Waals surface area contributed by atoms with E-state index in [9.17, 15) is 19.5 Å². The van der Waals surface area contributed by atoms with E-state index in [0.29, 0.717) is 11.1 Å². The van der Waals surface area contributed by atoms with Crippen molar-refractivity contribution in [3.8, 4) is 5.75 Å². The number of hydrogen-bond donors (Lipinski definition) is 3. The quantitative estimate of drug-likeness (QED) is 0.574. The highest BCUT2D eigenvalue weighted by atomic mass is 16.5. The number of aromatic hydroxyl groups is 1. The first-order chi connectivity index (χ1) is 14.7. The molecule has 0 bridgehead atoms. The number of nitrogens with two attached hydrogens (primary N) is 1. The molecule has 0 radical (unpaired) electrons. The van der Waals surface area contributed by atoms with E-state index in [4.69, 9.17) is 5.73 Å². The maximum Gasteiger partial charge on any atom is 0.337 e. The van der Waals surface area contributed by atoms with E-state index in [1.54, 1.807) is 43.3 Å². The van der Waals surface area contributed by atoms with E-state index in [0.717, 1.165) is 5.56 Å². The zero-order chi connectivity index (χ0) is 22.6. The number of hydrogen-bond acceptors (Lipinski definition) is 7. The van der Waals surface area contributed by atoms with Gasteiger partial charge in [0.05, 0.1) is 25.6 Å². The number of ether oxygens (including phenoxy) is 1. The van der Waals surface area contributed by atoms with Crippen molar-refractivity contribution < 1.29 is 24.2 Å². The molecule has 1 aliphatic heterocycles. The molecule has 3 rings (SSSR count). The third-order valence-corrected chi connectivity index (χ3v) is 4.96. The monoisotopic (exact) mass is 424 g/mol. The third-order valence-electron chi connectivity index (χ3n) is 4.96. The normalized spacial score (nSPS) is 17.9. The zero-order valence-corrected chi connectivity index (χ0v) is 17.3. The molecular weight excluding hydrogens is 400 g/mol. The van der Waals surface area contributed by atoms with Crippen LogP contribution in [0.25, 0.3) is 0 Å². The molecular formula is C22H24N4O5. The summed E-state index contributed by atoms with van der Waals surface area (Å²) in [6, 6.07) is 13.1. The number of methoxy groups -OCH3 is 1. The van der Waals surface area contributed by atoms with E-state index in [1.165, 1.54) is 24.1 Å². The lowest BCUT2D eigenvalue weighted by Gasteiger charge is -2.22. The second-order valence-corrected chi connectivity index (χ2v) is 7.45. The number of nitrogens with one attached hydrogen (secondary N) is 1. The Morgan fingerprint density at radius 1 is 1.19 bits per heavy atom. The van der Waals surface area contributed by atoms with Crippen molar-refractivity contribution in [1.29, 1.82) is 0 Å². The number of nitrogens with zero attached hydrogens (tertiary/aromatic N) is 2. The van der Waals surface area contributed by atoms with Crippen LogP contribution in [0, 0.1) is 0 Å². The van der Waals surface area contributed by atoms with Crippen LogP contribution < -0.4 is 11.1 Å². The summed E-state index contributed by atoms with van der Waals surface area (Å²) < 4.78 is 4.65. The maximum absolute atomic E-state index is 12.9. The molecule has 2 amide bonds. The topological polar surface area (TPSA) is 134 Å². The molecule has 0 fully saturated rings. The first-order valence-electron chi connectivity index (χ1n) is 9.61. The highest BCUT2D eigenvalue weighted by Gasteiger charge is 2.45. The van der Waals surface area contributed by atoms with Crippen molar-refractivity contribution in [2.45, 2.75) is 32.0 Å². The predicted molar refractivity (Wildman–Crippen MR) is 113 cm³/mol. The molecule has 0 saturated carbocycles. The number of aliphatic imine (C=N–C) groups is 1. The molecule has 4 N–H and O–H groups in total. The lowest BCUT2D eigenvalue weighted by atomic mass is 9.97. The van der Waals surface area contributed by atoms with Crippen LogP contribution in [0.15, 0.2) is 53.5 Å².